The van der Waals surface area contributed by atoms with Crippen molar-refractivity contribution in [1.82, 2.24) is 4.90 Å². The first-order valence-corrected chi connectivity index (χ1v) is 5.53. The number of carboxylic acids is 1. The smallest absolute Gasteiger partial charge is 0.307 e. The minimum Gasteiger partial charge on any atom is -0.481 e. The number of likely N-dealkylation sites (tertiary alicyclic amines) is 1. The van der Waals surface area contributed by atoms with Gasteiger partial charge >= 0.3 is 5.97 Å². The van der Waals surface area contributed by atoms with Gasteiger partial charge in [-0.15, -0.1) is 0 Å². The molecule has 1 rings (SSSR count). The van der Waals surface area contributed by atoms with Crippen molar-refractivity contribution in [2.75, 3.05) is 13.1 Å². The van der Waals surface area contributed by atoms with Crippen LogP contribution in [0.4, 0.5) is 0 Å². The highest BCUT2D eigenvalue weighted by Crippen LogP contribution is 2.23. The first kappa shape index (κ1) is 11.5. The Balaban J connectivity index is 2.45. The number of aliphatic carboxylic acids is 1. The van der Waals surface area contributed by atoms with Crippen LogP contribution in [0.1, 0.15) is 33.6 Å². The van der Waals surface area contributed by atoms with Crippen LogP contribution in [-0.4, -0.2) is 35.1 Å². The number of hydrogen-bond acceptors (Lipinski definition) is 2. The summed E-state index contributed by atoms with van der Waals surface area (Å²) in [6.45, 7) is 8.31. The lowest BCUT2D eigenvalue weighted by Gasteiger charge is -2.28. The third-order valence-electron chi connectivity index (χ3n) is 3.61. The van der Waals surface area contributed by atoms with Crippen molar-refractivity contribution in [3.8, 4) is 0 Å². The van der Waals surface area contributed by atoms with Crippen molar-refractivity contribution < 1.29 is 9.90 Å². The number of rotatable bonds is 4. The summed E-state index contributed by atoms with van der Waals surface area (Å²) >= 11 is 0. The van der Waals surface area contributed by atoms with Crippen molar-refractivity contribution >= 4 is 5.97 Å². The van der Waals surface area contributed by atoms with E-state index in [0.29, 0.717) is 12.0 Å². The molecule has 1 saturated heterocycles. The molecule has 0 aliphatic carbocycles. The van der Waals surface area contributed by atoms with Gasteiger partial charge in [0, 0.05) is 12.6 Å². The molecule has 1 fully saturated rings. The summed E-state index contributed by atoms with van der Waals surface area (Å²) in [4.78, 5) is 13.1. The summed E-state index contributed by atoms with van der Waals surface area (Å²) in [5.41, 5.74) is 0. The topological polar surface area (TPSA) is 40.5 Å². The summed E-state index contributed by atoms with van der Waals surface area (Å²) in [6, 6.07) is 0.518. The maximum Gasteiger partial charge on any atom is 0.307 e. The van der Waals surface area contributed by atoms with Gasteiger partial charge in [0.2, 0.25) is 0 Å². The van der Waals surface area contributed by atoms with Gasteiger partial charge in [-0.1, -0.05) is 20.3 Å². The number of hydrogen-bond donors (Lipinski definition) is 1. The molecule has 3 unspecified atom stereocenters. The second-order valence-electron chi connectivity index (χ2n) is 4.44. The van der Waals surface area contributed by atoms with Crippen LogP contribution in [-0.2, 0) is 4.79 Å². The summed E-state index contributed by atoms with van der Waals surface area (Å²) in [5, 5.41) is 8.88. The Hall–Kier alpha value is -0.570. The van der Waals surface area contributed by atoms with Crippen molar-refractivity contribution in [2.24, 2.45) is 11.8 Å². The van der Waals surface area contributed by atoms with E-state index in [1.165, 1.54) is 0 Å². The molecule has 0 amide bonds. The fourth-order valence-corrected chi connectivity index (χ4v) is 2.06. The lowest BCUT2D eigenvalue weighted by atomic mass is 10.00. The third-order valence-corrected chi connectivity index (χ3v) is 3.61. The van der Waals surface area contributed by atoms with Gasteiger partial charge in [0.1, 0.15) is 0 Å². The zero-order valence-electron chi connectivity index (χ0n) is 9.36. The average Bonchev–Trinajstić information content (AvgIpc) is 2.64. The molecule has 3 nitrogen and oxygen atoms in total. The lowest BCUT2D eigenvalue weighted by molar-refractivity contribution is -0.141. The highest BCUT2D eigenvalue weighted by molar-refractivity contribution is 5.70. The molecular weight excluding hydrogens is 178 g/mol. The maximum absolute atomic E-state index is 10.8. The van der Waals surface area contributed by atoms with Gasteiger partial charge in [-0.3, -0.25) is 9.69 Å². The Morgan fingerprint density at radius 1 is 1.57 bits per heavy atom. The lowest BCUT2D eigenvalue weighted by Crippen LogP contribution is -2.36. The second kappa shape index (κ2) is 4.78. The molecule has 1 heterocycles. The van der Waals surface area contributed by atoms with Gasteiger partial charge in [-0.05, 0) is 25.8 Å². The molecule has 1 aliphatic heterocycles. The van der Waals surface area contributed by atoms with Crippen molar-refractivity contribution in [3.63, 3.8) is 0 Å². The van der Waals surface area contributed by atoms with Gasteiger partial charge in [0.25, 0.3) is 0 Å². The highest BCUT2D eigenvalue weighted by Gasteiger charge is 2.31. The molecular formula is C11H21NO2. The minimum atomic E-state index is -0.635. The molecule has 0 bridgehead atoms. The van der Waals surface area contributed by atoms with Crippen molar-refractivity contribution in [1.29, 1.82) is 0 Å². The number of carboxylic acid groups (broad SMARTS) is 1. The Morgan fingerprint density at radius 2 is 2.21 bits per heavy atom. The fourth-order valence-electron chi connectivity index (χ4n) is 2.06. The first-order chi connectivity index (χ1) is 6.56. The van der Waals surface area contributed by atoms with E-state index in [1.54, 1.807) is 0 Å². The normalized spacial score (nSPS) is 27.5. The Labute approximate surface area is 86.1 Å². The van der Waals surface area contributed by atoms with E-state index in [-0.39, 0.29) is 5.92 Å². The molecule has 3 atom stereocenters. The predicted octanol–water partition coefficient (Wildman–Crippen LogP) is 1.83. The van der Waals surface area contributed by atoms with Crippen LogP contribution in [0.2, 0.25) is 0 Å². The van der Waals surface area contributed by atoms with Crippen LogP contribution in [0.5, 0.6) is 0 Å². The predicted molar refractivity (Wildman–Crippen MR) is 56.2 cm³/mol. The van der Waals surface area contributed by atoms with Gasteiger partial charge in [0.15, 0.2) is 0 Å². The van der Waals surface area contributed by atoms with Gasteiger partial charge in [0.05, 0.1) is 5.92 Å². The molecule has 0 aromatic rings. The van der Waals surface area contributed by atoms with Crippen LogP contribution >= 0.6 is 0 Å². The van der Waals surface area contributed by atoms with E-state index in [0.717, 1.165) is 25.9 Å². The van der Waals surface area contributed by atoms with Crippen molar-refractivity contribution in [3.05, 3.63) is 0 Å². The first-order valence-electron chi connectivity index (χ1n) is 5.53. The Morgan fingerprint density at radius 3 is 2.64 bits per heavy atom. The molecule has 3 heteroatoms. The molecule has 0 spiro atoms. The van der Waals surface area contributed by atoms with Gasteiger partial charge in [-0.25, -0.2) is 0 Å². The summed E-state index contributed by atoms with van der Waals surface area (Å²) in [6.07, 6.45) is 1.98. The van der Waals surface area contributed by atoms with E-state index in [9.17, 15) is 4.79 Å². The van der Waals surface area contributed by atoms with E-state index in [1.807, 2.05) is 0 Å². The van der Waals surface area contributed by atoms with Crippen LogP contribution in [0.25, 0.3) is 0 Å². The van der Waals surface area contributed by atoms with E-state index in [2.05, 4.69) is 25.7 Å². The van der Waals surface area contributed by atoms with E-state index < -0.39 is 5.97 Å². The van der Waals surface area contributed by atoms with Crippen LogP contribution in [0.15, 0.2) is 0 Å². The van der Waals surface area contributed by atoms with Gasteiger partial charge in [-0.2, -0.15) is 0 Å². The van der Waals surface area contributed by atoms with E-state index in [4.69, 9.17) is 5.11 Å². The minimum absolute atomic E-state index is 0.137. The van der Waals surface area contributed by atoms with Crippen molar-refractivity contribution in [2.45, 2.75) is 39.7 Å². The Kier molecular flexibility index (Phi) is 3.93. The molecule has 14 heavy (non-hydrogen) atoms. The van der Waals surface area contributed by atoms with Gasteiger partial charge < -0.3 is 5.11 Å². The monoisotopic (exact) mass is 199 g/mol. The summed E-state index contributed by atoms with van der Waals surface area (Å²) in [7, 11) is 0. The maximum atomic E-state index is 10.8. The molecule has 1 N–H and O–H groups in total. The molecule has 1 aliphatic rings. The highest BCUT2D eigenvalue weighted by atomic mass is 16.4. The second-order valence-corrected chi connectivity index (χ2v) is 4.44. The number of nitrogens with zero attached hydrogens (tertiary/aromatic N) is 1. The van der Waals surface area contributed by atoms with Crippen LogP contribution in [0, 0.1) is 11.8 Å². The summed E-state index contributed by atoms with van der Waals surface area (Å²) < 4.78 is 0. The quantitative estimate of drug-likeness (QED) is 0.751. The SMILES string of the molecule is CCC(C)C(C)N1CCC(C(=O)O)C1. The molecule has 0 aromatic carbocycles. The van der Waals surface area contributed by atoms with Crippen LogP contribution in [0.3, 0.4) is 0 Å². The Bertz CT molecular complexity index is 205. The molecule has 0 aromatic heterocycles. The van der Waals surface area contributed by atoms with Crippen LogP contribution < -0.4 is 0 Å². The average molecular weight is 199 g/mol. The third kappa shape index (κ3) is 2.47. The standard InChI is InChI=1S/C11H21NO2/c1-4-8(2)9(3)12-6-5-10(7-12)11(13)14/h8-10H,4-7H2,1-3H3,(H,13,14). The fraction of sp³-hybridized carbons (Fsp3) is 0.909. The largest absolute Gasteiger partial charge is 0.481 e. The zero-order valence-corrected chi connectivity index (χ0v) is 9.36. The molecule has 0 saturated carbocycles. The zero-order chi connectivity index (χ0) is 10.7. The van der Waals surface area contributed by atoms with E-state index >= 15 is 0 Å². The summed E-state index contributed by atoms with van der Waals surface area (Å²) in [5.74, 6) is -0.118. The molecule has 82 valence electrons. The molecule has 0 radical (unpaired) electrons. The number of carbonyl (C=O) groups is 1.